The molecule has 0 atom stereocenters. The lowest BCUT2D eigenvalue weighted by Gasteiger charge is -2.19. The number of hydrogen-bond acceptors (Lipinski definition) is 8. The third kappa shape index (κ3) is 6.14. The fourth-order valence-corrected chi connectivity index (χ4v) is 3.90. The Morgan fingerprint density at radius 1 is 0.973 bits per heavy atom. The highest BCUT2D eigenvalue weighted by atomic mass is 16.6. The van der Waals surface area contributed by atoms with Crippen LogP contribution in [0.1, 0.15) is 55.4 Å². The van der Waals surface area contributed by atoms with Crippen molar-refractivity contribution >= 4 is 34.4 Å². The minimum absolute atomic E-state index is 0.0920. The monoisotopic (exact) mass is 504 g/mol. The number of fused-ring (bicyclic) bond motifs is 3. The van der Waals surface area contributed by atoms with E-state index in [-0.39, 0.29) is 5.78 Å². The predicted molar refractivity (Wildman–Crippen MR) is 141 cm³/mol. The molecule has 10 nitrogen and oxygen atoms in total. The van der Waals surface area contributed by atoms with E-state index in [0.717, 1.165) is 23.9 Å². The van der Waals surface area contributed by atoms with Gasteiger partial charge in [0.2, 0.25) is 5.65 Å². The number of methoxy groups -OCH3 is 1. The van der Waals surface area contributed by atoms with Crippen LogP contribution in [-0.2, 0) is 4.74 Å². The molecule has 2 aromatic carbocycles. The Morgan fingerprint density at radius 3 is 2.38 bits per heavy atom. The SMILES string of the molecule is COc1ccc(C(=O)c2ccc3nc(NCCCCNC(=O)OC(C)(C)C)c4nnc(C)n4c3c2)cc1. The third-order valence-electron chi connectivity index (χ3n) is 5.66. The molecule has 4 aromatic rings. The first-order chi connectivity index (χ1) is 17.7. The predicted octanol–water partition coefficient (Wildman–Crippen LogP) is 4.54. The van der Waals surface area contributed by atoms with Crippen LogP contribution in [0.2, 0.25) is 0 Å². The first kappa shape index (κ1) is 25.9. The summed E-state index contributed by atoms with van der Waals surface area (Å²) in [6.45, 7) is 8.53. The van der Waals surface area contributed by atoms with Crippen LogP contribution >= 0.6 is 0 Å². The Kier molecular flexibility index (Phi) is 7.56. The number of alkyl carbamates (subject to hydrolysis) is 1. The van der Waals surface area contributed by atoms with E-state index in [0.29, 0.717) is 47.3 Å². The molecular weight excluding hydrogens is 472 g/mol. The fourth-order valence-electron chi connectivity index (χ4n) is 3.90. The molecule has 0 spiro atoms. The number of carbonyl (C=O) groups excluding carboxylic acids is 2. The van der Waals surface area contributed by atoms with Crippen molar-refractivity contribution < 1.29 is 19.1 Å². The molecule has 1 amide bonds. The summed E-state index contributed by atoms with van der Waals surface area (Å²) in [6.07, 6.45) is 1.17. The Hall–Kier alpha value is -4.21. The zero-order valence-electron chi connectivity index (χ0n) is 21.8. The summed E-state index contributed by atoms with van der Waals surface area (Å²) in [5.74, 6) is 1.91. The molecule has 2 aromatic heterocycles. The Morgan fingerprint density at radius 2 is 1.68 bits per heavy atom. The zero-order valence-corrected chi connectivity index (χ0v) is 21.8. The van der Waals surface area contributed by atoms with Crippen molar-refractivity contribution in [3.05, 3.63) is 59.4 Å². The maximum Gasteiger partial charge on any atom is 0.407 e. The first-order valence-electron chi connectivity index (χ1n) is 12.2. The van der Waals surface area contributed by atoms with E-state index in [4.69, 9.17) is 14.5 Å². The second kappa shape index (κ2) is 10.8. The van der Waals surface area contributed by atoms with Crippen molar-refractivity contribution in [2.75, 3.05) is 25.5 Å². The number of carbonyl (C=O) groups is 2. The number of anilines is 1. The molecule has 2 heterocycles. The number of hydrogen-bond donors (Lipinski definition) is 2. The summed E-state index contributed by atoms with van der Waals surface area (Å²) in [5.41, 5.74) is 2.67. The van der Waals surface area contributed by atoms with E-state index >= 15 is 0 Å². The molecular formula is C27H32N6O4. The van der Waals surface area contributed by atoms with E-state index in [1.54, 1.807) is 37.4 Å². The summed E-state index contributed by atoms with van der Waals surface area (Å²) in [4.78, 5) is 29.6. The van der Waals surface area contributed by atoms with Gasteiger partial charge < -0.3 is 20.1 Å². The van der Waals surface area contributed by atoms with E-state index < -0.39 is 11.7 Å². The third-order valence-corrected chi connectivity index (χ3v) is 5.66. The average molecular weight is 505 g/mol. The van der Waals surface area contributed by atoms with Crippen molar-refractivity contribution in [1.82, 2.24) is 24.9 Å². The summed E-state index contributed by atoms with van der Waals surface area (Å²) < 4.78 is 12.3. The second-order valence-corrected chi connectivity index (χ2v) is 9.69. The minimum Gasteiger partial charge on any atom is -0.497 e. The lowest BCUT2D eigenvalue weighted by atomic mass is 10.0. The number of ether oxygens (including phenoxy) is 2. The van der Waals surface area contributed by atoms with Crippen LogP contribution in [0.5, 0.6) is 5.75 Å². The number of nitrogens with zero attached hydrogens (tertiary/aromatic N) is 4. The maximum absolute atomic E-state index is 13.1. The van der Waals surface area contributed by atoms with Crippen LogP contribution in [0.15, 0.2) is 42.5 Å². The van der Waals surface area contributed by atoms with Crippen LogP contribution in [0.4, 0.5) is 10.6 Å². The van der Waals surface area contributed by atoms with Crippen LogP contribution in [0, 0.1) is 6.92 Å². The lowest BCUT2D eigenvalue weighted by molar-refractivity contribution is 0.0527. The van der Waals surface area contributed by atoms with Gasteiger partial charge in [0.15, 0.2) is 11.6 Å². The van der Waals surface area contributed by atoms with Gasteiger partial charge in [-0.05, 0) is 83.0 Å². The van der Waals surface area contributed by atoms with Crippen molar-refractivity contribution in [3.63, 3.8) is 0 Å². The largest absolute Gasteiger partial charge is 0.497 e. The topological polar surface area (TPSA) is 120 Å². The normalized spacial score (nSPS) is 11.5. The van der Waals surface area contributed by atoms with Gasteiger partial charge >= 0.3 is 6.09 Å². The Balaban J connectivity index is 1.47. The molecule has 10 heteroatoms. The molecule has 37 heavy (non-hydrogen) atoms. The molecule has 0 saturated heterocycles. The Bertz CT molecular complexity index is 1420. The summed E-state index contributed by atoms with van der Waals surface area (Å²) >= 11 is 0. The number of nitrogens with one attached hydrogen (secondary N) is 2. The molecule has 0 aliphatic carbocycles. The van der Waals surface area contributed by atoms with Gasteiger partial charge in [-0.1, -0.05) is 0 Å². The first-order valence-corrected chi connectivity index (χ1v) is 12.2. The number of benzene rings is 2. The highest BCUT2D eigenvalue weighted by Gasteiger charge is 2.17. The molecule has 0 aliphatic rings. The molecule has 0 unspecified atom stereocenters. The van der Waals surface area contributed by atoms with Gasteiger partial charge in [-0.25, -0.2) is 9.78 Å². The number of aryl methyl sites for hydroxylation is 1. The quantitative estimate of drug-likeness (QED) is 0.252. The smallest absolute Gasteiger partial charge is 0.407 e. The van der Waals surface area contributed by atoms with E-state index in [1.807, 2.05) is 44.2 Å². The molecule has 2 N–H and O–H groups in total. The molecule has 0 fully saturated rings. The number of rotatable bonds is 9. The number of ketones is 1. The van der Waals surface area contributed by atoms with Gasteiger partial charge in [-0.3, -0.25) is 9.20 Å². The van der Waals surface area contributed by atoms with E-state index in [1.165, 1.54) is 0 Å². The van der Waals surface area contributed by atoms with Crippen molar-refractivity contribution in [3.8, 4) is 5.75 Å². The van der Waals surface area contributed by atoms with E-state index in [2.05, 4.69) is 20.8 Å². The van der Waals surface area contributed by atoms with Crippen molar-refractivity contribution in [2.45, 2.75) is 46.1 Å². The van der Waals surface area contributed by atoms with Gasteiger partial charge in [-0.2, -0.15) is 0 Å². The molecule has 0 saturated carbocycles. The molecule has 0 bridgehead atoms. The van der Waals surface area contributed by atoms with E-state index in [9.17, 15) is 9.59 Å². The average Bonchev–Trinajstić information content (AvgIpc) is 3.26. The number of aromatic nitrogens is 4. The standard InChI is InChI=1S/C27H32N6O4/c1-17-31-32-25-24(28-14-6-7-15-29-26(35)37-27(2,3)4)30-21-13-10-19(16-22(21)33(17)25)23(34)18-8-11-20(36-5)12-9-18/h8-13,16H,6-7,14-15H2,1-5H3,(H,28,30)(H,29,35). The zero-order chi connectivity index (χ0) is 26.6. The van der Waals surface area contributed by atoms with Crippen LogP contribution in [-0.4, -0.2) is 57.3 Å². The Labute approximate surface area is 215 Å². The van der Waals surface area contributed by atoms with Crippen molar-refractivity contribution in [1.29, 1.82) is 0 Å². The number of unbranched alkanes of at least 4 members (excludes halogenated alkanes) is 1. The fraction of sp³-hybridized carbons (Fsp3) is 0.370. The van der Waals surface area contributed by atoms with Gasteiger partial charge in [0.1, 0.15) is 17.2 Å². The summed E-state index contributed by atoms with van der Waals surface area (Å²) in [7, 11) is 1.59. The number of amides is 1. The molecule has 0 aliphatic heterocycles. The highest BCUT2D eigenvalue weighted by Crippen LogP contribution is 2.24. The lowest BCUT2D eigenvalue weighted by Crippen LogP contribution is -2.33. The van der Waals surface area contributed by atoms with Gasteiger partial charge in [0.05, 0.1) is 18.1 Å². The van der Waals surface area contributed by atoms with Crippen LogP contribution in [0.25, 0.3) is 16.7 Å². The van der Waals surface area contributed by atoms with Gasteiger partial charge in [0.25, 0.3) is 0 Å². The highest BCUT2D eigenvalue weighted by molar-refractivity contribution is 6.10. The summed E-state index contributed by atoms with van der Waals surface area (Å²) in [5, 5.41) is 14.6. The van der Waals surface area contributed by atoms with Gasteiger partial charge in [-0.15, -0.1) is 10.2 Å². The second-order valence-electron chi connectivity index (χ2n) is 9.69. The summed E-state index contributed by atoms with van der Waals surface area (Å²) in [6, 6.07) is 12.5. The minimum atomic E-state index is -0.515. The molecule has 4 rings (SSSR count). The van der Waals surface area contributed by atoms with Crippen LogP contribution in [0.3, 0.4) is 0 Å². The van der Waals surface area contributed by atoms with Gasteiger partial charge in [0, 0.05) is 24.2 Å². The maximum atomic E-state index is 13.1. The molecule has 0 radical (unpaired) electrons. The van der Waals surface area contributed by atoms with Crippen molar-refractivity contribution in [2.24, 2.45) is 0 Å². The van der Waals surface area contributed by atoms with Crippen LogP contribution < -0.4 is 15.4 Å². The molecule has 194 valence electrons.